The van der Waals surface area contributed by atoms with Crippen molar-refractivity contribution >= 4 is 16.9 Å². The number of carboxylic acid groups (broad SMARTS) is 1. The molecule has 1 heterocycles. The molecule has 0 radical (unpaired) electrons. The van der Waals surface area contributed by atoms with E-state index in [9.17, 15) is 14.7 Å². The molecule has 0 atom stereocenters. The molecule has 0 unspecified atom stereocenters. The van der Waals surface area contributed by atoms with Gasteiger partial charge >= 0.3 is 0 Å². The topological polar surface area (TPSA) is 62.1 Å². The van der Waals surface area contributed by atoms with Gasteiger partial charge in [0.25, 0.3) is 0 Å². The first-order valence-electron chi connectivity index (χ1n) is 5.37. The molecule has 0 spiro atoms. The highest BCUT2D eigenvalue weighted by Gasteiger charge is 2.10. The van der Waals surface area contributed by atoms with E-state index in [1.807, 2.05) is 19.9 Å². The van der Waals surface area contributed by atoms with Crippen LogP contribution in [0.1, 0.15) is 30.2 Å². The summed E-state index contributed by atoms with van der Waals surface area (Å²) < 4.78 is 1.77. The smallest absolute Gasteiger partial charge is 0.198 e. The fourth-order valence-electron chi connectivity index (χ4n) is 1.88. The van der Waals surface area contributed by atoms with Crippen LogP contribution in [0.3, 0.4) is 0 Å². The van der Waals surface area contributed by atoms with Gasteiger partial charge in [-0.1, -0.05) is 12.1 Å². The van der Waals surface area contributed by atoms with Gasteiger partial charge in [-0.2, -0.15) is 0 Å². The van der Waals surface area contributed by atoms with Gasteiger partial charge in [0.1, 0.15) is 0 Å². The first-order valence-corrected chi connectivity index (χ1v) is 5.37. The molecule has 0 saturated heterocycles. The number of rotatable bonds is 2. The predicted octanol–water partition coefficient (Wildman–Crippen LogP) is 0.946. The highest BCUT2D eigenvalue weighted by atomic mass is 16.4. The van der Waals surface area contributed by atoms with Gasteiger partial charge in [0.2, 0.25) is 0 Å². The van der Waals surface area contributed by atoms with Crippen molar-refractivity contribution < 1.29 is 9.90 Å². The van der Waals surface area contributed by atoms with Crippen molar-refractivity contribution in [1.82, 2.24) is 4.57 Å². The molecule has 0 aliphatic carbocycles. The standard InChI is InChI=1S/C13H13NO3/c1-8(2)14-7-10(13(16)17)12(15)9-5-3-4-6-11(9)14/h3-8H,1-2H3,(H,16,17)/p-1. The van der Waals surface area contributed by atoms with Crippen LogP contribution < -0.4 is 10.5 Å². The van der Waals surface area contributed by atoms with Crippen LogP contribution in [-0.4, -0.2) is 10.5 Å². The van der Waals surface area contributed by atoms with E-state index < -0.39 is 11.4 Å². The van der Waals surface area contributed by atoms with Crippen LogP contribution in [0.5, 0.6) is 0 Å². The predicted molar refractivity (Wildman–Crippen MR) is 62.9 cm³/mol. The molecule has 2 rings (SSSR count). The van der Waals surface area contributed by atoms with E-state index in [4.69, 9.17) is 0 Å². The summed E-state index contributed by atoms with van der Waals surface area (Å²) in [6.07, 6.45) is 1.35. The Hall–Kier alpha value is -2.10. The summed E-state index contributed by atoms with van der Waals surface area (Å²) in [6, 6.07) is 7.03. The number of carboxylic acids is 1. The minimum absolute atomic E-state index is 0.0681. The van der Waals surface area contributed by atoms with Crippen molar-refractivity contribution in [2.45, 2.75) is 19.9 Å². The van der Waals surface area contributed by atoms with Gasteiger partial charge in [0, 0.05) is 17.6 Å². The molecule has 17 heavy (non-hydrogen) atoms. The second-order valence-electron chi connectivity index (χ2n) is 4.18. The number of aromatic nitrogens is 1. The number of pyridine rings is 1. The third kappa shape index (κ3) is 1.82. The van der Waals surface area contributed by atoms with Crippen molar-refractivity contribution in [3.63, 3.8) is 0 Å². The van der Waals surface area contributed by atoms with E-state index in [1.165, 1.54) is 6.20 Å². The zero-order chi connectivity index (χ0) is 12.6. The number of hydrogen-bond donors (Lipinski definition) is 0. The lowest BCUT2D eigenvalue weighted by Gasteiger charge is -2.16. The van der Waals surface area contributed by atoms with Crippen LogP contribution in [0.15, 0.2) is 35.3 Å². The molecule has 1 aromatic carbocycles. The lowest BCUT2D eigenvalue weighted by molar-refractivity contribution is -0.255. The number of hydrogen-bond acceptors (Lipinski definition) is 3. The van der Waals surface area contributed by atoms with Gasteiger partial charge in [-0.3, -0.25) is 4.79 Å². The lowest BCUT2D eigenvalue weighted by atomic mass is 10.1. The molecule has 4 heteroatoms. The monoisotopic (exact) mass is 230 g/mol. The molecule has 4 nitrogen and oxygen atoms in total. The van der Waals surface area contributed by atoms with Gasteiger partial charge in [-0.15, -0.1) is 0 Å². The average Bonchev–Trinajstić information content (AvgIpc) is 2.29. The van der Waals surface area contributed by atoms with E-state index >= 15 is 0 Å². The van der Waals surface area contributed by atoms with E-state index in [2.05, 4.69) is 0 Å². The SMILES string of the molecule is CC(C)n1cc(C(=O)[O-])c(=O)c2ccccc21. The Bertz CT molecular complexity index is 641. The molecule has 0 aliphatic rings. The maximum absolute atomic E-state index is 11.9. The summed E-state index contributed by atoms with van der Waals surface area (Å²) >= 11 is 0. The third-order valence-corrected chi connectivity index (χ3v) is 2.72. The molecule has 0 N–H and O–H groups in total. The molecular weight excluding hydrogens is 218 g/mol. The zero-order valence-electron chi connectivity index (χ0n) is 9.64. The first kappa shape index (κ1) is 11.4. The molecule has 2 aromatic rings. The van der Waals surface area contributed by atoms with Crippen LogP contribution >= 0.6 is 0 Å². The molecule has 0 fully saturated rings. The summed E-state index contributed by atoms with van der Waals surface area (Å²) in [5.74, 6) is -1.44. The van der Waals surface area contributed by atoms with Gasteiger partial charge in [0.15, 0.2) is 5.43 Å². The quantitative estimate of drug-likeness (QED) is 0.771. The van der Waals surface area contributed by atoms with E-state index in [-0.39, 0.29) is 11.6 Å². The van der Waals surface area contributed by atoms with E-state index in [0.29, 0.717) is 5.39 Å². The van der Waals surface area contributed by atoms with Crippen molar-refractivity contribution in [2.75, 3.05) is 0 Å². The Kier molecular flexibility index (Phi) is 2.71. The summed E-state index contributed by atoms with van der Waals surface area (Å²) in [6.45, 7) is 3.85. The van der Waals surface area contributed by atoms with Crippen molar-refractivity contribution in [2.24, 2.45) is 0 Å². The Morgan fingerprint density at radius 2 is 1.94 bits per heavy atom. The fourth-order valence-corrected chi connectivity index (χ4v) is 1.88. The summed E-state index contributed by atoms with van der Waals surface area (Å²) in [7, 11) is 0. The van der Waals surface area contributed by atoms with E-state index in [1.54, 1.807) is 22.8 Å². The van der Waals surface area contributed by atoms with Crippen LogP contribution in [-0.2, 0) is 0 Å². The lowest BCUT2D eigenvalue weighted by Crippen LogP contribution is -2.30. The number of carbonyl (C=O) groups excluding carboxylic acids is 1. The number of benzene rings is 1. The highest BCUT2D eigenvalue weighted by Crippen LogP contribution is 2.16. The molecule has 0 aliphatic heterocycles. The number of carbonyl (C=O) groups is 1. The molecule has 0 amide bonds. The van der Waals surface area contributed by atoms with Gasteiger partial charge in [0.05, 0.1) is 17.0 Å². The van der Waals surface area contributed by atoms with E-state index in [0.717, 1.165) is 5.52 Å². The molecular formula is C13H12NO3-. The second kappa shape index (κ2) is 4.05. The van der Waals surface area contributed by atoms with Crippen LogP contribution in [0, 0.1) is 0 Å². The first-order chi connectivity index (χ1) is 8.02. The number of fused-ring (bicyclic) bond motifs is 1. The van der Waals surface area contributed by atoms with Gasteiger partial charge < -0.3 is 14.5 Å². The largest absolute Gasteiger partial charge is 0.545 e. The summed E-state index contributed by atoms with van der Waals surface area (Å²) in [5.41, 5.74) is -0.0487. The fraction of sp³-hybridized carbons (Fsp3) is 0.231. The summed E-state index contributed by atoms with van der Waals surface area (Å²) in [5, 5.41) is 11.3. The van der Waals surface area contributed by atoms with Gasteiger partial charge in [-0.25, -0.2) is 0 Å². The summed E-state index contributed by atoms with van der Waals surface area (Å²) in [4.78, 5) is 22.8. The molecule has 0 bridgehead atoms. The number of para-hydroxylation sites is 1. The van der Waals surface area contributed by atoms with Crippen molar-refractivity contribution in [1.29, 1.82) is 0 Å². The van der Waals surface area contributed by atoms with Crippen molar-refractivity contribution in [3.8, 4) is 0 Å². The van der Waals surface area contributed by atoms with Crippen LogP contribution in [0.25, 0.3) is 10.9 Å². The third-order valence-electron chi connectivity index (χ3n) is 2.72. The Labute approximate surface area is 98.1 Å². The zero-order valence-corrected chi connectivity index (χ0v) is 9.64. The second-order valence-corrected chi connectivity index (χ2v) is 4.18. The van der Waals surface area contributed by atoms with Gasteiger partial charge in [-0.05, 0) is 26.0 Å². The molecule has 1 aromatic heterocycles. The van der Waals surface area contributed by atoms with Crippen LogP contribution in [0.4, 0.5) is 0 Å². The Morgan fingerprint density at radius 3 is 2.53 bits per heavy atom. The normalized spacial score (nSPS) is 11.0. The molecule has 88 valence electrons. The van der Waals surface area contributed by atoms with Crippen molar-refractivity contribution in [3.05, 3.63) is 46.2 Å². The number of nitrogens with zero attached hydrogens (tertiary/aromatic N) is 1. The Balaban J connectivity index is 2.95. The molecule has 0 saturated carbocycles. The minimum Gasteiger partial charge on any atom is -0.545 e. The number of aromatic carboxylic acids is 1. The maximum Gasteiger partial charge on any atom is 0.198 e. The van der Waals surface area contributed by atoms with Crippen LogP contribution in [0.2, 0.25) is 0 Å². The Morgan fingerprint density at radius 1 is 1.29 bits per heavy atom. The highest BCUT2D eigenvalue weighted by molar-refractivity contribution is 5.91. The minimum atomic E-state index is -1.44. The maximum atomic E-state index is 11.9. The average molecular weight is 230 g/mol.